The molecule has 0 bridgehead atoms. The third-order valence-electron chi connectivity index (χ3n) is 3.42. The van der Waals surface area contributed by atoms with Crippen LogP contribution < -0.4 is 5.73 Å². The summed E-state index contributed by atoms with van der Waals surface area (Å²) in [4.78, 5) is 0. The average molecular weight is 281 g/mol. The lowest BCUT2D eigenvalue weighted by Crippen LogP contribution is -2.23. The molecule has 0 heterocycles. The van der Waals surface area contributed by atoms with Crippen LogP contribution in [0.4, 0.5) is 0 Å². The predicted molar refractivity (Wildman–Crippen MR) is 84.7 cm³/mol. The summed E-state index contributed by atoms with van der Waals surface area (Å²) < 4.78 is 12.0. The Kier molecular flexibility index (Phi) is 6.73. The zero-order valence-electron chi connectivity index (χ0n) is 12.6. The van der Waals surface area contributed by atoms with Gasteiger partial charge in [-0.1, -0.05) is 52.0 Å². The van der Waals surface area contributed by atoms with Gasteiger partial charge in [-0.25, -0.2) is 0 Å². The van der Waals surface area contributed by atoms with Crippen molar-refractivity contribution >= 4 is 10.8 Å². The van der Waals surface area contributed by atoms with Crippen molar-refractivity contribution in [2.24, 2.45) is 11.7 Å². The van der Waals surface area contributed by atoms with Gasteiger partial charge in [-0.3, -0.25) is 4.21 Å². The molecule has 3 atom stereocenters. The van der Waals surface area contributed by atoms with E-state index in [4.69, 9.17) is 5.73 Å². The van der Waals surface area contributed by atoms with Gasteiger partial charge in [0.25, 0.3) is 0 Å². The summed E-state index contributed by atoms with van der Waals surface area (Å²) in [6.07, 6.45) is 2.03. The Balaban J connectivity index is 2.62. The lowest BCUT2D eigenvalue weighted by Gasteiger charge is -2.15. The number of nitrogens with two attached hydrogens (primary N) is 1. The van der Waals surface area contributed by atoms with Crippen LogP contribution in [0.5, 0.6) is 0 Å². The molecule has 0 saturated carbocycles. The van der Waals surface area contributed by atoms with E-state index in [2.05, 4.69) is 45.0 Å². The minimum Gasteiger partial charge on any atom is -0.323 e. The van der Waals surface area contributed by atoms with Crippen molar-refractivity contribution < 1.29 is 4.21 Å². The third kappa shape index (κ3) is 5.45. The van der Waals surface area contributed by atoms with E-state index in [-0.39, 0.29) is 11.3 Å². The van der Waals surface area contributed by atoms with E-state index >= 15 is 0 Å². The molecule has 1 aromatic rings. The van der Waals surface area contributed by atoms with Crippen molar-refractivity contribution in [1.29, 1.82) is 0 Å². The molecule has 0 aliphatic heterocycles. The number of benzene rings is 1. The smallest absolute Gasteiger partial charge is 0.0431 e. The highest BCUT2D eigenvalue weighted by Crippen LogP contribution is 2.16. The molecule has 0 aliphatic carbocycles. The van der Waals surface area contributed by atoms with Crippen molar-refractivity contribution in [3.05, 3.63) is 35.4 Å². The average Bonchev–Trinajstić information content (AvgIpc) is 2.37. The first-order chi connectivity index (χ1) is 8.93. The summed E-state index contributed by atoms with van der Waals surface area (Å²) in [5.41, 5.74) is 8.58. The van der Waals surface area contributed by atoms with Gasteiger partial charge in [0.2, 0.25) is 0 Å². The van der Waals surface area contributed by atoms with Gasteiger partial charge >= 0.3 is 0 Å². The minimum atomic E-state index is -0.835. The molecule has 3 unspecified atom stereocenters. The molecule has 0 aromatic heterocycles. The van der Waals surface area contributed by atoms with Gasteiger partial charge in [-0.2, -0.15) is 0 Å². The van der Waals surface area contributed by atoms with Crippen LogP contribution in [-0.2, 0) is 17.2 Å². The topological polar surface area (TPSA) is 43.1 Å². The van der Waals surface area contributed by atoms with Crippen LogP contribution in [0.15, 0.2) is 24.3 Å². The zero-order valence-corrected chi connectivity index (χ0v) is 13.4. The summed E-state index contributed by atoms with van der Waals surface area (Å²) in [6.45, 7) is 8.52. The van der Waals surface area contributed by atoms with Crippen LogP contribution in [0, 0.1) is 5.92 Å². The summed E-state index contributed by atoms with van der Waals surface area (Å²) in [5, 5.41) is 0.228. The maximum absolute atomic E-state index is 12.0. The Morgan fingerprint density at radius 3 is 2.21 bits per heavy atom. The molecular weight excluding hydrogens is 254 g/mol. The molecule has 2 nitrogen and oxygen atoms in total. The quantitative estimate of drug-likeness (QED) is 0.832. The summed E-state index contributed by atoms with van der Waals surface area (Å²) in [6, 6.07) is 8.32. The standard InChI is InChI=1S/C16H27NOS/c1-5-13(4)19(18)11-16(17)15-8-6-14(7-9-15)10-12(2)3/h6-9,12-13,16H,5,10-11,17H2,1-4H3. The first-order valence-electron chi connectivity index (χ1n) is 7.15. The molecule has 1 rings (SSSR count). The summed E-state index contributed by atoms with van der Waals surface area (Å²) >= 11 is 0. The maximum atomic E-state index is 12.0. The normalized spacial score (nSPS) is 16.3. The number of hydrogen-bond donors (Lipinski definition) is 1. The van der Waals surface area contributed by atoms with E-state index in [9.17, 15) is 4.21 Å². The van der Waals surface area contributed by atoms with E-state index < -0.39 is 10.8 Å². The second-order valence-electron chi connectivity index (χ2n) is 5.71. The Morgan fingerprint density at radius 1 is 1.16 bits per heavy atom. The summed E-state index contributed by atoms with van der Waals surface area (Å²) in [7, 11) is -0.835. The highest BCUT2D eigenvalue weighted by Gasteiger charge is 2.14. The lowest BCUT2D eigenvalue weighted by molar-refractivity contribution is 0.646. The van der Waals surface area contributed by atoms with Gasteiger partial charge in [0.1, 0.15) is 0 Å². The van der Waals surface area contributed by atoms with Crippen LogP contribution in [-0.4, -0.2) is 15.2 Å². The Bertz CT molecular complexity index is 400. The van der Waals surface area contributed by atoms with Gasteiger partial charge in [0.05, 0.1) is 0 Å². The largest absolute Gasteiger partial charge is 0.323 e. The van der Waals surface area contributed by atoms with Crippen molar-refractivity contribution in [3.8, 4) is 0 Å². The first-order valence-corrected chi connectivity index (χ1v) is 8.53. The SMILES string of the molecule is CCC(C)S(=O)CC(N)c1ccc(CC(C)C)cc1. The van der Waals surface area contributed by atoms with E-state index in [1.165, 1.54) is 5.56 Å². The van der Waals surface area contributed by atoms with Gasteiger partial charge in [0.15, 0.2) is 0 Å². The highest BCUT2D eigenvalue weighted by atomic mass is 32.2. The van der Waals surface area contributed by atoms with Crippen LogP contribution in [0.2, 0.25) is 0 Å². The van der Waals surface area contributed by atoms with E-state index in [0.29, 0.717) is 11.7 Å². The molecule has 0 amide bonds. The molecule has 0 fully saturated rings. The van der Waals surface area contributed by atoms with Crippen molar-refractivity contribution in [2.45, 2.75) is 51.8 Å². The molecule has 1 aromatic carbocycles. The third-order valence-corrected chi connectivity index (χ3v) is 5.34. The summed E-state index contributed by atoms with van der Waals surface area (Å²) in [5.74, 6) is 1.22. The molecule has 108 valence electrons. The van der Waals surface area contributed by atoms with Gasteiger partial charge in [-0.05, 0) is 29.9 Å². The maximum Gasteiger partial charge on any atom is 0.0431 e. The molecular formula is C16H27NOS. The van der Waals surface area contributed by atoms with Crippen LogP contribution in [0.25, 0.3) is 0 Å². The molecule has 3 heteroatoms. The Labute approximate surface area is 120 Å². The molecule has 2 N–H and O–H groups in total. The molecule has 0 aliphatic rings. The first kappa shape index (κ1) is 16.4. The van der Waals surface area contributed by atoms with Gasteiger partial charge in [-0.15, -0.1) is 0 Å². The number of hydrogen-bond acceptors (Lipinski definition) is 2. The van der Waals surface area contributed by atoms with Crippen LogP contribution >= 0.6 is 0 Å². The van der Waals surface area contributed by atoms with E-state index in [0.717, 1.165) is 18.4 Å². The minimum absolute atomic E-state index is 0.122. The van der Waals surface area contributed by atoms with Crippen molar-refractivity contribution in [1.82, 2.24) is 0 Å². The van der Waals surface area contributed by atoms with Gasteiger partial charge in [0, 0.05) is 27.8 Å². The lowest BCUT2D eigenvalue weighted by atomic mass is 10.0. The fourth-order valence-electron chi connectivity index (χ4n) is 2.00. The number of rotatable bonds is 7. The second kappa shape index (κ2) is 7.81. The molecule has 0 radical (unpaired) electrons. The van der Waals surface area contributed by atoms with Gasteiger partial charge < -0.3 is 5.73 Å². The van der Waals surface area contributed by atoms with Crippen LogP contribution in [0.3, 0.4) is 0 Å². The molecule has 0 saturated heterocycles. The van der Waals surface area contributed by atoms with E-state index in [1.807, 2.05) is 6.92 Å². The van der Waals surface area contributed by atoms with Crippen molar-refractivity contribution in [3.63, 3.8) is 0 Å². The zero-order chi connectivity index (χ0) is 14.4. The van der Waals surface area contributed by atoms with Crippen LogP contribution in [0.1, 0.15) is 51.3 Å². The predicted octanol–water partition coefficient (Wildman–Crippen LogP) is 3.43. The monoisotopic (exact) mass is 281 g/mol. The Hall–Kier alpha value is -0.670. The molecule has 0 spiro atoms. The fourth-order valence-corrected chi connectivity index (χ4v) is 3.24. The molecule has 19 heavy (non-hydrogen) atoms. The van der Waals surface area contributed by atoms with E-state index in [1.54, 1.807) is 0 Å². The Morgan fingerprint density at radius 2 is 1.74 bits per heavy atom. The second-order valence-corrected chi connectivity index (χ2v) is 7.61. The highest BCUT2D eigenvalue weighted by molar-refractivity contribution is 7.85. The van der Waals surface area contributed by atoms with Crippen molar-refractivity contribution in [2.75, 3.05) is 5.75 Å². The fraction of sp³-hybridized carbons (Fsp3) is 0.625.